The predicted molar refractivity (Wildman–Crippen MR) is 91.6 cm³/mol. The average Bonchev–Trinajstić information content (AvgIpc) is 2.50. The van der Waals surface area contributed by atoms with Crippen LogP contribution in [0.1, 0.15) is 18.4 Å². The number of nitrogens with zero attached hydrogens (tertiary/aromatic N) is 2. The number of likely N-dealkylation sites (tertiary alicyclic amines) is 1. The molecule has 2 aliphatic rings. The molecule has 3 rings (SSSR count). The van der Waals surface area contributed by atoms with Crippen molar-refractivity contribution in [1.82, 2.24) is 9.80 Å². The van der Waals surface area contributed by atoms with E-state index in [-0.39, 0.29) is 24.8 Å². The van der Waals surface area contributed by atoms with E-state index in [4.69, 9.17) is 4.74 Å². The monoisotopic (exact) mass is 332 g/mol. The maximum absolute atomic E-state index is 5.44. The Hall–Kier alpha value is -0.320. The van der Waals surface area contributed by atoms with E-state index in [0.29, 0.717) is 0 Å². The second-order valence-corrected chi connectivity index (χ2v) is 5.64. The van der Waals surface area contributed by atoms with E-state index in [2.05, 4.69) is 40.1 Å². The van der Waals surface area contributed by atoms with Crippen molar-refractivity contribution in [3.63, 3.8) is 0 Å². The van der Waals surface area contributed by atoms with E-state index in [9.17, 15) is 0 Å². The summed E-state index contributed by atoms with van der Waals surface area (Å²) in [5.41, 5.74) is 1.44. The van der Waals surface area contributed by atoms with Crippen LogP contribution in [0.25, 0.3) is 0 Å². The molecule has 2 heterocycles. The van der Waals surface area contributed by atoms with Crippen molar-refractivity contribution in [3.05, 3.63) is 35.9 Å². The molecule has 2 saturated heterocycles. The summed E-state index contributed by atoms with van der Waals surface area (Å²) in [6.45, 7) is 7.67. The third kappa shape index (κ3) is 5.42. The highest BCUT2D eigenvalue weighted by Gasteiger charge is 2.25. The molecule has 0 aromatic heterocycles. The molecule has 0 radical (unpaired) electrons. The lowest BCUT2D eigenvalue weighted by molar-refractivity contribution is 0.000231. The van der Waals surface area contributed by atoms with E-state index in [0.717, 1.165) is 38.9 Å². The van der Waals surface area contributed by atoms with Gasteiger partial charge in [0.1, 0.15) is 0 Å². The molecule has 120 valence electrons. The normalized spacial score (nSPS) is 21.3. The summed E-state index contributed by atoms with van der Waals surface area (Å²) < 4.78 is 5.44. The third-order valence-electron chi connectivity index (χ3n) is 4.37. The fourth-order valence-electron chi connectivity index (χ4n) is 3.23. The molecular formula is C16H26Cl2N2O. The number of halogens is 2. The van der Waals surface area contributed by atoms with Crippen LogP contribution in [0, 0.1) is 0 Å². The molecule has 0 spiro atoms. The molecular weight excluding hydrogens is 307 g/mol. The summed E-state index contributed by atoms with van der Waals surface area (Å²) in [6.07, 6.45) is 2.62. The van der Waals surface area contributed by atoms with Gasteiger partial charge in [-0.3, -0.25) is 9.80 Å². The van der Waals surface area contributed by atoms with E-state index in [1.54, 1.807) is 0 Å². The Kier molecular flexibility index (Phi) is 8.60. The predicted octanol–water partition coefficient (Wildman–Crippen LogP) is 2.83. The molecule has 1 aromatic rings. The standard InChI is InChI=1S/C16H24N2O.2ClH/c1-2-4-15(5-3-1)14-17-8-6-16(7-9-17)18-10-12-19-13-11-18;;/h1-5,16H,6-14H2;2*1H. The van der Waals surface area contributed by atoms with Crippen LogP contribution in [0.15, 0.2) is 30.3 Å². The number of morpholine rings is 1. The van der Waals surface area contributed by atoms with Crippen molar-refractivity contribution in [2.24, 2.45) is 0 Å². The summed E-state index contributed by atoms with van der Waals surface area (Å²) in [4.78, 5) is 5.22. The van der Waals surface area contributed by atoms with Gasteiger partial charge in [0.05, 0.1) is 13.2 Å². The summed E-state index contributed by atoms with van der Waals surface area (Å²) in [5.74, 6) is 0. The van der Waals surface area contributed by atoms with E-state index in [1.807, 2.05) is 0 Å². The quantitative estimate of drug-likeness (QED) is 0.846. The molecule has 0 bridgehead atoms. The summed E-state index contributed by atoms with van der Waals surface area (Å²) in [5, 5.41) is 0. The van der Waals surface area contributed by atoms with E-state index in [1.165, 1.54) is 31.5 Å². The minimum atomic E-state index is 0. The molecule has 0 saturated carbocycles. The van der Waals surface area contributed by atoms with Crippen molar-refractivity contribution in [2.45, 2.75) is 25.4 Å². The fourth-order valence-corrected chi connectivity index (χ4v) is 3.23. The number of benzene rings is 1. The molecule has 5 heteroatoms. The van der Waals surface area contributed by atoms with Gasteiger partial charge in [-0.25, -0.2) is 0 Å². The van der Waals surface area contributed by atoms with Crippen LogP contribution in [-0.4, -0.2) is 55.2 Å². The van der Waals surface area contributed by atoms with Gasteiger partial charge in [-0.05, 0) is 31.5 Å². The van der Waals surface area contributed by atoms with Crippen molar-refractivity contribution in [1.29, 1.82) is 0 Å². The molecule has 3 nitrogen and oxygen atoms in total. The highest BCUT2D eigenvalue weighted by Crippen LogP contribution is 2.19. The fraction of sp³-hybridized carbons (Fsp3) is 0.625. The minimum absolute atomic E-state index is 0. The van der Waals surface area contributed by atoms with Crippen LogP contribution in [0.4, 0.5) is 0 Å². The number of hydrogen-bond acceptors (Lipinski definition) is 3. The molecule has 21 heavy (non-hydrogen) atoms. The lowest BCUT2D eigenvalue weighted by atomic mass is 10.0. The van der Waals surface area contributed by atoms with Crippen LogP contribution in [-0.2, 0) is 11.3 Å². The Morgan fingerprint density at radius 3 is 2.14 bits per heavy atom. The van der Waals surface area contributed by atoms with Crippen molar-refractivity contribution in [2.75, 3.05) is 39.4 Å². The maximum Gasteiger partial charge on any atom is 0.0594 e. The Labute approximate surface area is 140 Å². The van der Waals surface area contributed by atoms with Gasteiger partial charge < -0.3 is 4.74 Å². The van der Waals surface area contributed by atoms with Crippen LogP contribution < -0.4 is 0 Å². The van der Waals surface area contributed by atoms with Crippen molar-refractivity contribution in [3.8, 4) is 0 Å². The Morgan fingerprint density at radius 2 is 1.52 bits per heavy atom. The minimum Gasteiger partial charge on any atom is -0.379 e. The number of piperidine rings is 1. The first-order valence-corrected chi connectivity index (χ1v) is 7.50. The van der Waals surface area contributed by atoms with Gasteiger partial charge in [0, 0.05) is 25.7 Å². The Balaban J connectivity index is 0.00000110. The maximum atomic E-state index is 5.44. The molecule has 0 unspecified atom stereocenters. The van der Waals surface area contributed by atoms with Gasteiger partial charge in [0.15, 0.2) is 0 Å². The second-order valence-electron chi connectivity index (χ2n) is 5.64. The smallest absolute Gasteiger partial charge is 0.0594 e. The first-order chi connectivity index (χ1) is 9.42. The molecule has 1 aromatic carbocycles. The van der Waals surface area contributed by atoms with Crippen LogP contribution in [0.3, 0.4) is 0 Å². The van der Waals surface area contributed by atoms with Gasteiger partial charge in [-0.2, -0.15) is 0 Å². The summed E-state index contributed by atoms with van der Waals surface area (Å²) >= 11 is 0. The summed E-state index contributed by atoms with van der Waals surface area (Å²) in [6, 6.07) is 11.6. The van der Waals surface area contributed by atoms with E-state index < -0.39 is 0 Å². The molecule has 0 N–H and O–H groups in total. The van der Waals surface area contributed by atoms with Crippen LogP contribution in [0.5, 0.6) is 0 Å². The van der Waals surface area contributed by atoms with Gasteiger partial charge >= 0.3 is 0 Å². The summed E-state index contributed by atoms with van der Waals surface area (Å²) in [7, 11) is 0. The zero-order chi connectivity index (χ0) is 12.9. The van der Waals surface area contributed by atoms with Crippen LogP contribution >= 0.6 is 24.8 Å². The first-order valence-electron chi connectivity index (χ1n) is 7.50. The van der Waals surface area contributed by atoms with Gasteiger partial charge in [-0.15, -0.1) is 24.8 Å². The molecule has 0 aliphatic carbocycles. The number of ether oxygens (including phenoxy) is 1. The zero-order valence-electron chi connectivity index (χ0n) is 12.4. The highest BCUT2D eigenvalue weighted by atomic mass is 35.5. The van der Waals surface area contributed by atoms with Gasteiger partial charge in [-0.1, -0.05) is 30.3 Å². The largest absolute Gasteiger partial charge is 0.379 e. The van der Waals surface area contributed by atoms with Gasteiger partial charge in [0.25, 0.3) is 0 Å². The highest BCUT2D eigenvalue weighted by molar-refractivity contribution is 5.85. The van der Waals surface area contributed by atoms with Crippen molar-refractivity contribution < 1.29 is 4.74 Å². The SMILES string of the molecule is Cl.Cl.c1ccc(CN2CCC(N3CCOCC3)CC2)cc1. The molecule has 0 amide bonds. The average molecular weight is 333 g/mol. The second kappa shape index (κ2) is 9.65. The molecule has 2 fully saturated rings. The first kappa shape index (κ1) is 18.7. The van der Waals surface area contributed by atoms with Crippen molar-refractivity contribution >= 4 is 24.8 Å². The Bertz CT molecular complexity index is 377. The molecule has 2 aliphatic heterocycles. The van der Waals surface area contributed by atoms with Crippen LogP contribution in [0.2, 0.25) is 0 Å². The molecule has 0 atom stereocenters. The zero-order valence-corrected chi connectivity index (χ0v) is 14.1. The Morgan fingerprint density at radius 1 is 0.905 bits per heavy atom. The third-order valence-corrected chi connectivity index (χ3v) is 4.37. The lowest BCUT2D eigenvalue weighted by Crippen LogP contribution is -2.48. The number of hydrogen-bond donors (Lipinski definition) is 0. The topological polar surface area (TPSA) is 15.7 Å². The lowest BCUT2D eigenvalue weighted by Gasteiger charge is -2.40. The van der Waals surface area contributed by atoms with E-state index >= 15 is 0 Å². The van der Waals surface area contributed by atoms with Gasteiger partial charge in [0.2, 0.25) is 0 Å². The number of rotatable bonds is 3.